The van der Waals surface area contributed by atoms with Gasteiger partial charge in [0.05, 0.1) is 30.3 Å². The predicted molar refractivity (Wildman–Crippen MR) is 112 cm³/mol. The third-order valence-corrected chi connectivity index (χ3v) is 14.0. The quantitative estimate of drug-likeness (QED) is 0.236. The zero-order valence-corrected chi connectivity index (χ0v) is 19.9. The lowest BCUT2D eigenvalue weighted by Crippen LogP contribution is -2.14. The number of hydrogen-bond acceptors (Lipinski definition) is 6. The summed E-state index contributed by atoms with van der Waals surface area (Å²) in [5.74, 6) is 0.203. The third-order valence-electron chi connectivity index (χ3n) is 4.05. The van der Waals surface area contributed by atoms with Crippen LogP contribution in [-0.4, -0.2) is 36.9 Å². The minimum absolute atomic E-state index is 0.0818. The SMILES string of the molecule is CCOc1ccc(C(F)(F)F)cc1SC(P(=O)(CC)OCC)P(=O)(CC)OCC. The lowest BCUT2D eigenvalue weighted by atomic mass is 10.2. The molecule has 0 saturated carbocycles. The number of halogens is 3. The molecule has 2 atom stereocenters. The highest BCUT2D eigenvalue weighted by atomic mass is 32.2. The van der Waals surface area contributed by atoms with E-state index in [-0.39, 0.29) is 42.8 Å². The molecule has 0 fully saturated rings. The molecule has 0 aromatic heterocycles. The van der Waals surface area contributed by atoms with Crippen LogP contribution in [-0.2, 0) is 24.4 Å². The summed E-state index contributed by atoms with van der Waals surface area (Å²) in [5, 5.41) is 0. The fraction of sp³-hybridized carbons (Fsp3) is 0.667. The maximum absolute atomic E-state index is 13.6. The molecular formula is C18H29F3O5P2S. The van der Waals surface area contributed by atoms with Gasteiger partial charge in [0.2, 0.25) is 14.7 Å². The van der Waals surface area contributed by atoms with Crippen molar-refractivity contribution in [2.45, 2.75) is 50.4 Å². The molecule has 0 bridgehead atoms. The van der Waals surface area contributed by atoms with Gasteiger partial charge in [-0.25, -0.2) is 0 Å². The van der Waals surface area contributed by atoms with E-state index in [9.17, 15) is 22.3 Å². The highest BCUT2D eigenvalue weighted by Gasteiger charge is 2.47. The first-order chi connectivity index (χ1) is 13.5. The van der Waals surface area contributed by atoms with Crippen LogP contribution in [0.1, 0.15) is 40.2 Å². The average molecular weight is 476 g/mol. The first-order valence-corrected chi connectivity index (χ1v) is 14.1. The zero-order chi connectivity index (χ0) is 22.3. The van der Waals surface area contributed by atoms with Gasteiger partial charge in [0.15, 0.2) is 4.73 Å². The molecule has 1 aromatic rings. The molecule has 0 heterocycles. The molecule has 0 aliphatic heterocycles. The second-order valence-electron chi connectivity index (χ2n) is 5.96. The van der Waals surface area contributed by atoms with Crippen molar-refractivity contribution in [3.05, 3.63) is 23.8 Å². The summed E-state index contributed by atoms with van der Waals surface area (Å²) < 4.78 is 82.3. The number of rotatable bonds is 12. The van der Waals surface area contributed by atoms with Crippen molar-refractivity contribution in [1.29, 1.82) is 0 Å². The number of hydrogen-bond donors (Lipinski definition) is 0. The molecule has 29 heavy (non-hydrogen) atoms. The van der Waals surface area contributed by atoms with Crippen LogP contribution in [0, 0.1) is 0 Å². The van der Waals surface area contributed by atoms with E-state index in [0.29, 0.717) is 0 Å². The first kappa shape index (κ1) is 26.6. The van der Waals surface area contributed by atoms with Crippen molar-refractivity contribution in [2.24, 2.45) is 0 Å². The first-order valence-electron chi connectivity index (χ1n) is 9.48. The van der Waals surface area contributed by atoms with Crippen LogP contribution in [0.25, 0.3) is 0 Å². The Bertz CT molecular complexity index is 730. The van der Waals surface area contributed by atoms with Crippen molar-refractivity contribution in [3.8, 4) is 5.75 Å². The van der Waals surface area contributed by atoms with E-state index in [1.54, 1.807) is 34.6 Å². The lowest BCUT2D eigenvalue weighted by molar-refractivity contribution is -0.137. The highest BCUT2D eigenvalue weighted by molar-refractivity contribution is 8.13. The molecule has 5 nitrogen and oxygen atoms in total. The predicted octanol–water partition coefficient (Wildman–Crippen LogP) is 7.15. The van der Waals surface area contributed by atoms with Crippen molar-refractivity contribution in [2.75, 3.05) is 32.1 Å². The molecule has 1 rings (SSSR count). The fourth-order valence-electron chi connectivity index (χ4n) is 2.65. The third kappa shape index (κ3) is 6.76. The van der Waals surface area contributed by atoms with E-state index in [1.165, 1.54) is 6.07 Å². The van der Waals surface area contributed by atoms with Gasteiger partial charge in [-0.3, -0.25) is 9.13 Å². The van der Waals surface area contributed by atoms with Crippen molar-refractivity contribution >= 4 is 26.5 Å². The molecule has 0 N–H and O–H groups in total. The van der Waals surface area contributed by atoms with Crippen LogP contribution in [0.5, 0.6) is 5.75 Å². The van der Waals surface area contributed by atoms with E-state index in [2.05, 4.69) is 0 Å². The number of alkyl halides is 3. The van der Waals surface area contributed by atoms with E-state index in [1.807, 2.05) is 0 Å². The number of thioether (sulfide) groups is 1. The van der Waals surface area contributed by atoms with Gasteiger partial charge in [0.1, 0.15) is 5.75 Å². The van der Waals surface area contributed by atoms with Crippen LogP contribution < -0.4 is 4.74 Å². The Hall–Kier alpha value is -0.460. The summed E-state index contributed by atoms with van der Waals surface area (Å²) in [5.41, 5.74) is -0.868. The molecule has 0 saturated heterocycles. The van der Waals surface area contributed by atoms with Gasteiger partial charge in [-0.1, -0.05) is 25.6 Å². The molecular weight excluding hydrogens is 447 g/mol. The second kappa shape index (κ2) is 11.2. The maximum Gasteiger partial charge on any atom is 0.416 e. The van der Waals surface area contributed by atoms with Gasteiger partial charge < -0.3 is 13.8 Å². The van der Waals surface area contributed by atoms with Crippen molar-refractivity contribution in [1.82, 2.24) is 0 Å². The summed E-state index contributed by atoms with van der Waals surface area (Å²) in [4.78, 5) is 0.105. The average Bonchev–Trinajstić information content (AvgIpc) is 2.66. The normalized spacial score (nSPS) is 17.4. The summed E-state index contributed by atoms with van der Waals surface area (Å²) in [7, 11) is -7.00. The van der Waals surface area contributed by atoms with Crippen LogP contribution in [0.3, 0.4) is 0 Å². The molecule has 0 aliphatic rings. The maximum atomic E-state index is 13.6. The second-order valence-corrected chi connectivity index (χ2v) is 13.9. The highest BCUT2D eigenvalue weighted by Crippen LogP contribution is 2.74. The fourth-order valence-corrected chi connectivity index (χ4v) is 12.2. The minimum Gasteiger partial charge on any atom is -0.493 e. The molecule has 2 unspecified atom stereocenters. The van der Waals surface area contributed by atoms with E-state index < -0.39 is 31.2 Å². The van der Waals surface area contributed by atoms with Gasteiger partial charge >= 0.3 is 6.18 Å². The van der Waals surface area contributed by atoms with Gasteiger partial charge in [-0.15, -0.1) is 0 Å². The number of ether oxygens (including phenoxy) is 1. The van der Waals surface area contributed by atoms with Gasteiger partial charge in [-0.05, 0) is 39.0 Å². The van der Waals surface area contributed by atoms with Crippen LogP contribution >= 0.6 is 26.5 Å². The van der Waals surface area contributed by atoms with E-state index >= 15 is 0 Å². The Morgan fingerprint density at radius 1 is 0.931 bits per heavy atom. The summed E-state index contributed by atoms with van der Waals surface area (Å²) in [6, 6.07) is 3.08. The molecule has 0 radical (unpaired) electrons. The molecule has 11 heteroatoms. The standard InChI is InChI=1S/C18H29F3O5P2S/c1-6-24-15-12-11-14(18(19,20)21)13-16(15)29-17(27(22,9-4)25-7-2)28(23,10-5)26-8-3/h11-13,17H,6-10H2,1-5H3. The number of benzene rings is 1. The Morgan fingerprint density at radius 3 is 1.83 bits per heavy atom. The molecule has 1 aromatic carbocycles. The summed E-state index contributed by atoms with van der Waals surface area (Å²) in [6.07, 6.45) is -4.39. The van der Waals surface area contributed by atoms with Gasteiger partial charge in [-0.2, -0.15) is 13.2 Å². The summed E-state index contributed by atoms with van der Waals surface area (Å²) in [6.45, 7) is 8.80. The Labute approximate surface area is 175 Å². The smallest absolute Gasteiger partial charge is 0.416 e. The lowest BCUT2D eigenvalue weighted by Gasteiger charge is -2.32. The monoisotopic (exact) mass is 476 g/mol. The molecule has 0 spiro atoms. The Kier molecular flexibility index (Phi) is 10.3. The van der Waals surface area contributed by atoms with Crippen LogP contribution in [0.4, 0.5) is 13.2 Å². The Balaban J connectivity index is 3.60. The van der Waals surface area contributed by atoms with Gasteiger partial charge in [0, 0.05) is 12.3 Å². The minimum atomic E-state index is -4.56. The largest absolute Gasteiger partial charge is 0.493 e. The topological polar surface area (TPSA) is 61.8 Å². The zero-order valence-electron chi connectivity index (χ0n) is 17.3. The Morgan fingerprint density at radius 2 is 1.45 bits per heavy atom. The van der Waals surface area contributed by atoms with Gasteiger partial charge in [0.25, 0.3) is 0 Å². The van der Waals surface area contributed by atoms with E-state index in [4.69, 9.17) is 13.8 Å². The van der Waals surface area contributed by atoms with Crippen molar-refractivity contribution < 1.29 is 36.1 Å². The molecule has 0 aliphatic carbocycles. The van der Waals surface area contributed by atoms with Crippen LogP contribution in [0.15, 0.2) is 23.1 Å². The van der Waals surface area contributed by atoms with E-state index in [0.717, 1.165) is 23.9 Å². The summed E-state index contributed by atoms with van der Waals surface area (Å²) >= 11 is 0.827. The molecule has 168 valence electrons. The van der Waals surface area contributed by atoms with Crippen LogP contribution in [0.2, 0.25) is 0 Å². The van der Waals surface area contributed by atoms with Crippen molar-refractivity contribution in [3.63, 3.8) is 0 Å². The molecule has 0 amide bonds.